The fraction of sp³-hybridized carbons (Fsp3) is 0.367. The van der Waals surface area contributed by atoms with Crippen LogP contribution in [0.2, 0.25) is 5.02 Å². The molecule has 38 heavy (non-hydrogen) atoms. The van der Waals surface area contributed by atoms with E-state index in [4.69, 9.17) is 21.4 Å². The number of anilines is 1. The molecule has 2 heterocycles. The molecule has 1 aliphatic heterocycles. The summed E-state index contributed by atoms with van der Waals surface area (Å²) in [5.74, 6) is 0.688. The number of ether oxygens (including phenoxy) is 1. The van der Waals surface area contributed by atoms with Crippen molar-refractivity contribution >= 4 is 29.4 Å². The highest BCUT2D eigenvalue weighted by atomic mass is 35.5. The number of hydrogen-bond acceptors (Lipinski definition) is 5. The van der Waals surface area contributed by atoms with Crippen LogP contribution in [-0.4, -0.2) is 46.7 Å². The molecule has 1 N–H and O–H groups in total. The summed E-state index contributed by atoms with van der Waals surface area (Å²) in [5.41, 5.74) is 4.79. The molecule has 0 bridgehead atoms. The lowest BCUT2D eigenvalue weighted by Crippen LogP contribution is -2.38. The normalized spacial score (nSPS) is 17.2. The largest absolute Gasteiger partial charge is 0.511 e. The van der Waals surface area contributed by atoms with Gasteiger partial charge in [0, 0.05) is 37.2 Å². The Labute approximate surface area is 228 Å². The molecule has 8 heteroatoms. The Morgan fingerprint density at radius 2 is 1.89 bits per heavy atom. The number of fused-ring (bicyclic) bond motifs is 1. The molecular weight excluding hydrogens is 502 g/mol. The molecule has 1 aliphatic carbocycles. The number of piperidine rings is 1. The molecule has 1 fully saturated rings. The van der Waals surface area contributed by atoms with Crippen LogP contribution in [0.5, 0.6) is 5.75 Å². The van der Waals surface area contributed by atoms with Crippen LogP contribution in [0.4, 0.5) is 10.5 Å². The van der Waals surface area contributed by atoms with Crippen LogP contribution < -0.4 is 9.64 Å². The first-order valence-electron chi connectivity index (χ1n) is 13.2. The number of amides is 1. The molecule has 0 radical (unpaired) electrons. The maximum atomic E-state index is 13.9. The Balaban J connectivity index is 1.33. The molecular formula is C30H32ClN3O4. The summed E-state index contributed by atoms with van der Waals surface area (Å²) in [6.45, 7) is 4.58. The van der Waals surface area contributed by atoms with Crippen LogP contribution in [0.15, 0.2) is 60.8 Å². The van der Waals surface area contributed by atoms with Crippen LogP contribution in [0, 0.1) is 12.8 Å². The number of aryl methyl sites for hydroxylation is 2. The van der Waals surface area contributed by atoms with Crippen molar-refractivity contribution in [1.82, 2.24) is 9.88 Å². The summed E-state index contributed by atoms with van der Waals surface area (Å²) in [6.07, 6.45) is 5.14. The van der Waals surface area contributed by atoms with Gasteiger partial charge in [0.05, 0.1) is 16.6 Å². The van der Waals surface area contributed by atoms with Crippen LogP contribution in [0.25, 0.3) is 0 Å². The molecule has 1 atom stereocenters. The topological polar surface area (TPSA) is 83.0 Å². The summed E-state index contributed by atoms with van der Waals surface area (Å²) >= 11 is 6.44. The average molecular weight is 534 g/mol. The van der Waals surface area contributed by atoms with Crippen LogP contribution in [0.1, 0.15) is 58.9 Å². The maximum Gasteiger partial charge on any atom is 0.511 e. The van der Waals surface area contributed by atoms with Crippen molar-refractivity contribution in [3.8, 4) is 5.75 Å². The monoisotopic (exact) mass is 533 g/mol. The Kier molecular flexibility index (Phi) is 7.84. The second kappa shape index (κ2) is 11.4. The van der Waals surface area contributed by atoms with Crippen molar-refractivity contribution in [3.63, 3.8) is 0 Å². The first kappa shape index (κ1) is 26.0. The summed E-state index contributed by atoms with van der Waals surface area (Å²) in [5, 5.41) is 9.52. The van der Waals surface area contributed by atoms with E-state index in [1.807, 2.05) is 36.2 Å². The summed E-state index contributed by atoms with van der Waals surface area (Å²) in [4.78, 5) is 33.6. The predicted molar refractivity (Wildman–Crippen MR) is 147 cm³/mol. The van der Waals surface area contributed by atoms with Gasteiger partial charge < -0.3 is 19.6 Å². The van der Waals surface area contributed by atoms with Gasteiger partial charge in [-0.05, 0) is 92.5 Å². The number of aromatic nitrogens is 1. The predicted octanol–water partition coefficient (Wildman–Crippen LogP) is 6.54. The van der Waals surface area contributed by atoms with Gasteiger partial charge in [-0.2, -0.15) is 0 Å². The van der Waals surface area contributed by atoms with Crippen molar-refractivity contribution in [2.45, 2.75) is 45.1 Å². The second-order valence-corrected chi connectivity index (χ2v) is 10.5. The van der Waals surface area contributed by atoms with Crippen molar-refractivity contribution < 1.29 is 19.4 Å². The van der Waals surface area contributed by atoms with Gasteiger partial charge in [-0.3, -0.25) is 9.78 Å². The Hall–Kier alpha value is -3.58. The highest BCUT2D eigenvalue weighted by Gasteiger charge is 2.33. The van der Waals surface area contributed by atoms with Crippen molar-refractivity contribution in [3.05, 3.63) is 88.2 Å². The highest BCUT2D eigenvalue weighted by molar-refractivity contribution is 6.33. The van der Waals surface area contributed by atoms with E-state index in [9.17, 15) is 9.59 Å². The lowest BCUT2D eigenvalue weighted by atomic mass is 9.92. The molecule has 0 unspecified atom stereocenters. The fourth-order valence-electron chi connectivity index (χ4n) is 5.76. The molecule has 1 aromatic heterocycles. The van der Waals surface area contributed by atoms with Gasteiger partial charge in [-0.1, -0.05) is 29.8 Å². The molecule has 0 saturated carbocycles. The van der Waals surface area contributed by atoms with Crippen LogP contribution in [0.3, 0.4) is 0 Å². The van der Waals surface area contributed by atoms with Gasteiger partial charge in [0.25, 0.3) is 5.91 Å². The number of nitrogens with zero attached hydrogens (tertiary/aromatic N) is 3. The second-order valence-electron chi connectivity index (χ2n) is 10.1. The Bertz CT molecular complexity index is 1320. The van der Waals surface area contributed by atoms with Gasteiger partial charge in [0.15, 0.2) is 0 Å². The number of hydrogen-bond donors (Lipinski definition) is 1. The van der Waals surface area contributed by atoms with Gasteiger partial charge in [-0.15, -0.1) is 0 Å². The highest BCUT2D eigenvalue weighted by Crippen LogP contribution is 2.39. The van der Waals surface area contributed by atoms with E-state index in [0.29, 0.717) is 23.0 Å². The zero-order chi connectivity index (χ0) is 26.6. The molecule has 2 aliphatic rings. The van der Waals surface area contributed by atoms with E-state index >= 15 is 0 Å². The van der Waals surface area contributed by atoms with Crippen molar-refractivity contribution in [2.75, 3.05) is 24.5 Å². The first-order chi connectivity index (χ1) is 18.4. The van der Waals surface area contributed by atoms with E-state index < -0.39 is 6.16 Å². The molecule has 2 aromatic carbocycles. The quantitative estimate of drug-likeness (QED) is 0.274. The van der Waals surface area contributed by atoms with E-state index in [-0.39, 0.29) is 17.7 Å². The van der Waals surface area contributed by atoms with E-state index in [2.05, 4.69) is 22.0 Å². The number of rotatable bonds is 7. The van der Waals surface area contributed by atoms with Crippen LogP contribution in [-0.2, 0) is 6.42 Å². The van der Waals surface area contributed by atoms with E-state index in [1.54, 1.807) is 24.3 Å². The summed E-state index contributed by atoms with van der Waals surface area (Å²) in [7, 11) is 0. The molecule has 198 valence electrons. The van der Waals surface area contributed by atoms with Gasteiger partial charge in [-0.25, -0.2) is 4.79 Å². The minimum atomic E-state index is -1.35. The Morgan fingerprint density at radius 1 is 1.11 bits per heavy atom. The standard InChI is InChI=1S/C30H32ClN3O4/c1-20-18-23(10-14-32-20)33-15-11-21(12-16-33)13-17-34(29(35)25-4-2-3-5-27(25)31)28-9-7-22-6-8-24(19-26(22)28)38-30(36)37/h2-6,8,10,14,18-19,21,28H,7,9,11-13,15-17H2,1H3,(H,36,37)/t28-/m1/s1. The minimum Gasteiger partial charge on any atom is -0.449 e. The average Bonchev–Trinajstić information content (AvgIpc) is 3.32. The first-order valence-corrected chi connectivity index (χ1v) is 13.5. The zero-order valence-electron chi connectivity index (χ0n) is 21.5. The number of halogens is 1. The van der Waals surface area contributed by atoms with Gasteiger partial charge in [0.1, 0.15) is 5.75 Å². The lowest BCUT2D eigenvalue weighted by Gasteiger charge is -2.36. The third-order valence-electron chi connectivity index (χ3n) is 7.75. The zero-order valence-corrected chi connectivity index (χ0v) is 22.2. The minimum absolute atomic E-state index is 0.0947. The molecule has 5 rings (SSSR count). The Morgan fingerprint density at radius 3 is 2.63 bits per heavy atom. The fourth-order valence-corrected chi connectivity index (χ4v) is 5.98. The number of carboxylic acid groups (broad SMARTS) is 1. The number of carbonyl (C=O) groups excluding carboxylic acids is 1. The molecule has 7 nitrogen and oxygen atoms in total. The van der Waals surface area contributed by atoms with Gasteiger partial charge >= 0.3 is 6.16 Å². The summed E-state index contributed by atoms with van der Waals surface area (Å²) < 4.78 is 4.92. The molecule has 1 amide bonds. The van der Waals surface area contributed by atoms with Crippen molar-refractivity contribution in [1.29, 1.82) is 0 Å². The molecule has 3 aromatic rings. The third kappa shape index (κ3) is 5.78. The number of pyridine rings is 1. The maximum absolute atomic E-state index is 13.9. The third-order valence-corrected chi connectivity index (χ3v) is 8.08. The van der Waals surface area contributed by atoms with Gasteiger partial charge in [0.2, 0.25) is 0 Å². The smallest absolute Gasteiger partial charge is 0.449 e. The lowest BCUT2D eigenvalue weighted by molar-refractivity contribution is 0.0659. The van der Waals surface area contributed by atoms with E-state index in [0.717, 1.165) is 62.0 Å². The number of carbonyl (C=O) groups is 2. The molecule has 1 saturated heterocycles. The SMILES string of the molecule is Cc1cc(N2CCC(CCN(C(=O)c3ccccc3Cl)[C@@H]3CCc4ccc(OC(=O)O)cc43)CC2)ccn1. The van der Waals surface area contributed by atoms with E-state index in [1.165, 1.54) is 5.69 Å². The van der Waals surface area contributed by atoms with Crippen LogP contribution >= 0.6 is 11.6 Å². The molecule has 0 spiro atoms. The summed E-state index contributed by atoms with van der Waals surface area (Å²) in [6, 6.07) is 16.5. The number of benzene rings is 2. The van der Waals surface area contributed by atoms with Crippen molar-refractivity contribution in [2.24, 2.45) is 5.92 Å².